The van der Waals surface area contributed by atoms with Gasteiger partial charge in [-0.1, -0.05) is 25.0 Å². The number of amides is 3. The molecule has 0 aromatic heterocycles. The first kappa shape index (κ1) is 23.4. The second kappa shape index (κ2) is 8.73. The molecule has 2 fully saturated rings. The number of rotatable bonds is 7. The van der Waals surface area contributed by atoms with Crippen LogP contribution in [-0.2, 0) is 19.8 Å². The molecule has 1 aromatic carbocycles. The normalized spacial score (nSPS) is 22.5. The quantitative estimate of drug-likeness (QED) is 0.618. The van der Waals surface area contributed by atoms with Crippen LogP contribution in [0.2, 0.25) is 0 Å². The summed E-state index contributed by atoms with van der Waals surface area (Å²) in [4.78, 5) is 38.9. The number of alkyl halides is 3. The van der Waals surface area contributed by atoms with Gasteiger partial charge in [0.1, 0.15) is 11.8 Å². The van der Waals surface area contributed by atoms with E-state index in [1.165, 1.54) is 29.2 Å². The standard InChI is InChI=1S/C22H24F3N3O4/c1-3-15(11-18(26)29)27-19(30)17-10-13(2)12-28(17)20(31)21(8-9-21)14-4-6-16(7-5-14)32-22(23,24)25/h1,4-7,13,15,17H,8-12H2,2H3,(H2,26,29)(H,27,30)/t13?,15-,17?/m1/s1. The monoisotopic (exact) mass is 451 g/mol. The average molecular weight is 451 g/mol. The highest BCUT2D eigenvalue weighted by Gasteiger charge is 2.55. The Bertz CT molecular complexity index is 935. The molecule has 32 heavy (non-hydrogen) atoms. The highest BCUT2D eigenvalue weighted by atomic mass is 19.4. The molecule has 1 heterocycles. The lowest BCUT2D eigenvalue weighted by Gasteiger charge is -2.29. The number of likely N-dealkylation sites (tertiary alicyclic amines) is 1. The van der Waals surface area contributed by atoms with Crippen LogP contribution in [0.3, 0.4) is 0 Å². The molecule has 2 aliphatic rings. The van der Waals surface area contributed by atoms with Crippen LogP contribution in [0, 0.1) is 18.3 Å². The molecule has 172 valence electrons. The van der Waals surface area contributed by atoms with Gasteiger partial charge >= 0.3 is 6.36 Å². The third kappa shape index (κ3) is 5.15. The first-order chi connectivity index (χ1) is 14.9. The Kier molecular flexibility index (Phi) is 6.39. The van der Waals surface area contributed by atoms with Crippen molar-refractivity contribution in [2.45, 2.75) is 56.5 Å². The van der Waals surface area contributed by atoms with E-state index in [0.717, 1.165) is 0 Å². The SMILES string of the molecule is C#C[C@H](CC(N)=O)NC(=O)C1CC(C)CN1C(=O)C1(c2ccc(OC(F)(F)F)cc2)CC1. The van der Waals surface area contributed by atoms with E-state index in [2.05, 4.69) is 16.0 Å². The molecule has 10 heteroatoms. The molecule has 0 radical (unpaired) electrons. The smallest absolute Gasteiger partial charge is 0.406 e. The van der Waals surface area contributed by atoms with Gasteiger partial charge in [-0.05, 0) is 42.9 Å². The van der Waals surface area contributed by atoms with E-state index in [1.54, 1.807) is 0 Å². The minimum Gasteiger partial charge on any atom is -0.406 e. The number of primary amides is 1. The number of halogens is 3. The van der Waals surface area contributed by atoms with Gasteiger partial charge in [0.2, 0.25) is 17.7 Å². The van der Waals surface area contributed by atoms with Gasteiger partial charge in [-0.3, -0.25) is 14.4 Å². The Morgan fingerprint density at radius 3 is 2.44 bits per heavy atom. The lowest BCUT2D eigenvalue weighted by Crippen LogP contribution is -2.51. The number of nitrogens with two attached hydrogens (primary N) is 1. The van der Waals surface area contributed by atoms with Crippen molar-refractivity contribution in [1.29, 1.82) is 0 Å². The molecular formula is C22H24F3N3O4. The van der Waals surface area contributed by atoms with Crippen LogP contribution in [0.15, 0.2) is 24.3 Å². The zero-order valence-corrected chi connectivity index (χ0v) is 17.4. The van der Waals surface area contributed by atoms with Crippen molar-refractivity contribution in [2.75, 3.05) is 6.54 Å². The summed E-state index contributed by atoms with van der Waals surface area (Å²) in [6.07, 6.45) is 1.83. The van der Waals surface area contributed by atoms with E-state index in [4.69, 9.17) is 12.2 Å². The van der Waals surface area contributed by atoms with Gasteiger partial charge < -0.3 is 20.7 Å². The average Bonchev–Trinajstić information content (AvgIpc) is 3.41. The molecule has 0 spiro atoms. The Balaban J connectivity index is 1.75. The first-order valence-electron chi connectivity index (χ1n) is 10.2. The van der Waals surface area contributed by atoms with Crippen molar-refractivity contribution in [1.82, 2.24) is 10.2 Å². The second-order valence-electron chi connectivity index (χ2n) is 8.37. The van der Waals surface area contributed by atoms with Crippen LogP contribution in [0.5, 0.6) is 5.75 Å². The number of ether oxygens (including phenoxy) is 1. The number of carbonyl (C=O) groups excluding carboxylic acids is 3. The van der Waals surface area contributed by atoms with Gasteiger partial charge in [0.15, 0.2) is 0 Å². The Labute approximate surface area is 183 Å². The molecular weight excluding hydrogens is 427 g/mol. The predicted molar refractivity (Wildman–Crippen MR) is 108 cm³/mol. The molecule has 3 amide bonds. The number of hydrogen-bond donors (Lipinski definition) is 2. The highest BCUT2D eigenvalue weighted by Crippen LogP contribution is 2.51. The van der Waals surface area contributed by atoms with Gasteiger partial charge in [-0.25, -0.2) is 0 Å². The molecule has 3 rings (SSSR count). The summed E-state index contributed by atoms with van der Waals surface area (Å²) >= 11 is 0. The number of nitrogens with one attached hydrogen (secondary N) is 1. The molecule has 1 aliphatic heterocycles. The van der Waals surface area contributed by atoms with Crippen LogP contribution < -0.4 is 15.8 Å². The number of benzene rings is 1. The lowest BCUT2D eigenvalue weighted by molar-refractivity contribution is -0.274. The minimum absolute atomic E-state index is 0.0634. The van der Waals surface area contributed by atoms with Crippen molar-refractivity contribution >= 4 is 17.7 Å². The number of nitrogens with zero attached hydrogens (tertiary/aromatic N) is 1. The zero-order valence-electron chi connectivity index (χ0n) is 17.4. The van der Waals surface area contributed by atoms with E-state index in [9.17, 15) is 27.6 Å². The van der Waals surface area contributed by atoms with Gasteiger partial charge in [0, 0.05) is 6.54 Å². The third-order valence-corrected chi connectivity index (χ3v) is 5.80. The third-order valence-electron chi connectivity index (χ3n) is 5.80. The molecule has 1 aromatic rings. The molecule has 7 nitrogen and oxygen atoms in total. The fourth-order valence-electron chi connectivity index (χ4n) is 4.14. The molecule has 1 aliphatic carbocycles. The fourth-order valence-corrected chi connectivity index (χ4v) is 4.14. The van der Waals surface area contributed by atoms with Gasteiger partial charge in [0.05, 0.1) is 17.9 Å². The Morgan fingerprint density at radius 2 is 1.94 bits per heavy atom. The summed E-state index contributed by atoms with van der Waals surface area (Å²) in [6, 6.07) is 3.61. The van der Waals surface area contributed by atoms with E-state index >= 15 is 0 Å². The summed E-state index contributed by atoms with van der Waals surface area (Å²) in [5, 5.41) is 2.59. The van der Waals surface area contributed by atoms with Crippen molar-refractivity contribution < 1.29 is 32.3 Å². The topological polar surface area (TPSA) is 102 Å². The summed E-state index contributed by atoms with van der Waals surface area (Å²) in [5.41, 5.74) is 4.85. The molecule has 2 unspecified atom stereocenters. The molecule has 3 atom stereocenters. The van der Waals surface area contributed by atoms with Crippen molar-refractivity contribution in [3.05, 3.63) is 29.8 Å². The van der Waals surface area contributed by atoms with E-state index < -0.39 is 35.7 Å². The maximum Gasteiger partial charge on any atom is 0.573 e. The summed E-state index contributed by atoms with van der Waals surface area (Å²) in [5.74, 6) is 0.630. The number of carbonyl (C=O) groups is 3. The Morgan fingerprint density at radius 1 is 1.31 bits per heavy atom. The minimum atomic E-state index is -4.80. The predicted octanol–water partition coefficient (Wildman–Crippen LogP) is 1.85. The lowest BCUT2D eigenvalue weighted by atomic mass is 9.93. The summed E-state index contributed by atoms with van der Waals surface area (Å²) in [7, 11) is 0. The summed E-state index contributed by atoms with van der Waals surface area (Å²) in [6.45, 7) is 2.28. The molecule has 1 saturated carbocycles. The van der Waals surface area contributed by atoms with Crippen LogP contribution in [0.1, 0.15) is 38.2 Å². The zero-order chi connectivity index (χ0) is 23.7. The first-order valence-corrected chi connectivity index (χ1v) is 10.2. The van der Waals surface area contributed by atoms with Gasteiger partial charge in [-0.2, -0.15) is 0 Å². The van der Waals surface area contributed by atoms with Crippen LogP contribution in [-0.4, -0.2) is 47.6 Å². The van der Waals surface area contributed by atoms with E-state index in [0.29, 0.717) is 31.4 Å². The maximum atomic E-state index is 13.5. The largest absolute Gasteiger partial charge is 0.573 e. The van der Waals surface area contributed by atoms with Gasteiger partial charge in [-0.15, -0.1) is 19.6 Å². The van der Waals surface area contributed by atoms with E-state index in [-0.39, 0.29) is 24.0 Å². The van der Waals surface area contributed by atoms with Crippen LogP contribution in [0.25, 0.3) is 0 Å². The van der Waals surface area contributed by atoms with Gasteiger partial charge in [0.25, 0.3) is 0 Å². The Hall–Kier alpha value is -3.22. The van der Waals surface area contributed by atoms with Crippen LogP contribution >= 0.6 is 0 Å². The van der Waals surface area contributed by atoms with Crippen molar-refractivity contribution in [2.24, 2.45) is 11.7 Å². The molecule has 3 N–H and O–H groups in total. The molecule has 1 saturated heterocycles. The second-order valence-corrected chi connectivity index (χ2v) is 8.37. The van der Waals surface area contributed by atoms with Crippen molar-refractivity contribution in [3.8, 4) is 18.1 Å². The number of terminal acetylenes is 1. The number of hydrogen-bond acceptors (Lipinski definition) is 4. The van der Waals surface area contributed by atoms with E-state index in [1.807, 2.05) is 6.92 Å². The van der Waals surface area contributed by atoms with Crippen LogP contribution in [0.4, 0.5) is 13.2 Å². The maximum absolute atomic E-state index is 13.5. The summed E-state index contributed by atoms with van der Waals surface area (Å²) < 4.78 is 41.1. The van der Waals surface area contributed by atoms with Crippen molar-refractivity contribution in [3.63, 3.8) is 0 Å². The molecule has 0 bridgehead atoms. The highest BCUT2D eigenvalue weighted by molar-refractivity contribution is 5.96. The fraction of sp³-hybridized carbons (Fsp3) is 0.500.